The van der Waals surface area contributed by atoms with E-state index in [1.165, 1.54) is 54.1 Å². The third-order valence-electron chi connectivity index (χ3n) is 4.75. The molecule has 0 unspecified atom stereocenters. The predicted molar refractivity (Wildman–Crippen MR) is 90.9 cm³/mol. The first-order valence-corrected chi connectivity index (χ1v) is 9.31. The topological polar surface area (TPSA) is 62.5 Å². The van der Waals surface area contributed by atoms with Crippen molar-refractivity contribution in [3.63, 3.8) is 0 Å². The van der Waals surface area contributed by atoms with E-state index < -0.39 is 0 Å². The predicted octanol–water partition coefficient (Wildman–Crippen LogP) is 1.42. The fourth-order valence-electron chi connectivity index (χ4n) is 3.17. The molecule has 2 fully saturated rings. The van der Waals surface area contributed by atoms with Crippen molar-refractivity contribution in [3.05, 3.63) is 27.1 Å². The van der Waals surface area contributed by atoms with Crippen LogP contribution >= 0.6 is 11.3 Å². The molecular weight excluding hydrogens is 310 g/mol. The van der Waals surface area contributed by atoms with Gasteiger partial charge in [-0.05, 0) is 45.1 Å². The van der Waals surface area contributed by atoms with Crippen molar-refractivity contribution in [2.45, 2.75) is 45.2 Å². The first-order valence-electron chi connectivity index (χ1n) is 8.49. The summed E-state index contributed by atoms with van der Waals surface area (Å²) in [6, 6.07) is 2.21. The summed E-state index contributed by atoms with van der Waals surface area (Å²) in [4.78, 5) is 19.5. The number of likely N-dealkylation sites (tertiary alicyclic amines) is 1. The summed E-state index contributed by atoms with van der Waals surface area (Å²) in [5.41, 5.74) is 0.672. The summed E-state index contributed by atoms with van der Waals surface area (Å²) in [5, 5.41) is 9.12. The lowest BCUT2D eigenvalue weighted by molar-refractivity contribution is 0.189. The van der Waals surface area contributed by atoms with Crippen LogP contribution in [-0.4, -0.2) is 45.2 Å². The third kappa shape index (κ3) is 3.62. The minimum absolute atomic E-state index is 0.0852. The van der Waals surface area contributed by atoms with Crippen LogP contribution in [0.25, 0.3) is 4.96 Å². The van der Waals surface area contributed by atoms with E-state index in [-0.39, 0.29) is 5.56 Å². The Labute approximate surface area is 139 Å². The van der Waals surface area contributed by atoms with Gasteiger partial charge in [-0.25, -0.2) is 4.98 Å². The van der Waals surface area contributed by atoms with Gasteiger partial charge in [-0.3, -0.25) is 9.69 Å². The minimum Gasteiger partial charge on any atom is -0.314 e. The molecule has 2 aromatic rings. The number of nitrogens with one attached hydrogen (secondary N) is 1. The molecule has 1 saturated heterocycles. The van der Waals surface area contributed by atoms with Gasteiger partial charge in [-0.2, -0.15) is 9.61 Å². The van der Waals surface area contributed by atoms with Gasteiger partial charge < -0.3 is 5.32 Å². The summed E-state index contributed by atoms with van der Waals surface area (Å²) in [5.74, 6) is 0.949. The van der Waals surface area contributed by atoms with Crippen molar-refractivity contribution < 1.29 is 0 Å². The Morgan fingerprint density at radius 2 is 2.09 bits per heavy atom. The second-order valence-electron chi connectivity index (χ2n) is 6.83. The molecule has 2 aromatic heterocycles. The lowest BCUT2D eigenvalue weighted by Crippen LogP contribution is -2.42. The number of fused-ring (bicyclic) bond motifs is 1. The molecule has 3 heterocycles. The van der Waals surface area contributed by atoms with Gasteiger partial charge in [0.2, 0.25) is 4.96 Å². The van der Waals surface area contributed by atoms with Crippen LogP contribution in [-0.2, 0) is 6.54 Å². The summed E-state index contributed by atoms with van der Waals surface area (Å²) < 4.78 is 1.43. The number of hydrogen-bond donors (Lipinski definition) is 1. The van der Waals surface area contributed by atoms with Gasteiger partial charge in [0.05, 0.1) is 6.54 Å². The van der Waals surface area contributed by atoms with Crippen LogP contribution in [0.5, 0.6) is 0 Å². The zero-order valence-corrected chi connectivity index (χ0v) is 14.3. The Morgan fingerprint density at radius 1 is 1.30 bits per heavy atom. The van der Waals surface area contributed by atoms with Crippen LogP contribution in [0.15, 0.2) is 10.9 Å². The molecule has 1 saturated carbocycles. The highest BCUT2D eigenvalue weighted by Gasteiger charge is 2.24. The number of nitrogens with zero attached hydrogens (tertiary/aromatic N) is 4. The number of hydrogen-bond acceptors (Lipinski definition) is 6. The molecular formula is C16H23N5OS. The van der Waals surface area contributed by atoms with E-state index in [0.29, 0.717) is 11.0 Å². The van der Waals surface area contributed by atoms with Crippen LogP contribution in [0.3, 0.4) is 0 Å². The van der Waals surface area contributed by atoms with Gasteiger partial charge in [-0.1, -0.05) is 11.3 Å². The first kappa shape index (κ1) is 15.2. The molecule has 0 bridgehead atoms. The van der Waals surface area contributed by atoms with E-state index >= 15 is 0 Å². The van der Waals surface area contributed by atoms with Crippen LogP contribution < -0.4 is 10.9 Å². The Morgan fingerprint density at radius 3 is 2.83 bits per heavy atom. The molecule has 1 aliphatic carbocycles. The highest BCUT2D eigenvalue weighted by atomic mass is 32.1. The van der Waals surface area contributed by atoms with Gasteiger partial charge in [-0.15, -0.1) is 0 Å². The Kier molecular flexibility index (Phi) is 4.17. The SMILES string of the molecule is Cc1cc(=O)n2nc(CN3CCC(NCC4CC4)CC3)sc2n1. The van der Waals surface area contributed by atoms with Crippen LogP contribution in [0, 0.1) is 12.8 Å². The second kappa shape index (κ2) is 6.30. The maximum absolute atomic E-state index is 11.9. The molecule has 2 aliphatic rings. The molecule has 23 heavy (non-hydrogen) atoms. The molecule has 0 atom stereocenters. The van der Waals surface area contributed by atoms with E-state index in [2.05, 4.69) is 20.3 Å². The fraction of sp³-hybridized carbons (Fsp3) is 0.688. The second-order valence-corrected chi connectivity index (χ2v) is 7.87. The summed E-state index contributed by atoms with van der Waals surface area (Å²) in [7, 11) is 0. The molecule has 0 amide bonds. The zero-order valence-electron chi connectivity index (χ0n) is 13.5. The van der Waals surface area contributed by atoms with E-state index in [1.807, 2.05) is 6.92 Å². The lowest BCUT2D eigenvalue weighted by atomic mass is 10.0. The number of piperidine rings is 1. The van der Waals surface area contributed by atoms with Crippen molar-refractivity contribution in [1.29, 1.82) is 0 Å². The lowest BCUT2D eigenvalue weighted by Gasteiger charge is -2.31. The summed E-state index contributed by atoms with van der Waals surface area (Å²) in [6.07, 6.45) is 5.23. The van der Waals surface area contributed by atoms with Gasteiger partial charge in [0, 0.05) is 30.9 Å². The Balaban J connectivity index is 1.35. The van der Waals surface area contributed by atoms with Gasteiger partial charge >= 0.3 is 0 Å². The van der Waals surface area contributed by atoms with Crippen LogP contribution in [0.1, 0.15) is 36.4 Å². The monoisotopic (exact) mass is 333 g/mol. The molecule has 0 radical (unpaired) electrons. The Bertz CT molecular complexity index is 742. The van der Waals surface area contributed by atoms with E-state index in [1.54, 1.807) is 0 Å². The van der Waals surface area contributed by atoms with E-state index in [9.17, 15) is 4.79 Å². The van der Waals surface area contributed by atoms with Crippen molar-refractivity contribution in [1.82, 2.24) is 24.8 Å². The zero-order chi connectivity index (χ0) is 15.8. The molecule has 0 spiro atoms. The fourth-order valence-corrected chi connectivity index (χ4v) is 4.15. The molecule has 1 N–H and O–H groups in total. The summed E-state index contributed by atoms with van der Waals surface area (Å²) >= 11 is 1.53. The number of aryl methyl sites for hydroxylation is 1. The largest absolute Gasteiger partial charge is 0.314 e. The molecule has 6 nitrogen and oxygen atoms in total. The number of rotatable bonds is 5. The quantitative estimate of drug-likeness (QED) is 0.897. The van der Waals surface area contributed by atoms with Crippen LogP contribution in [0.4, 0.5) is 0 Å². The maximum Gasteiger partial charge on any atom is 0.275 e. The van der Waals surface area contributed by atoms with E-state index in [0.717, 1.165) is 36.3 Å². The molecule has 1 aliphatic heterocycles. The van der Waals surface area contributed by atoms with Crippen molar-refractivity contribution in [3.8, 4) is 0 Å². The minimum atomic E-state index is -0.0852. The highest BCUT2D eigenvalue weighted by molar-refractivity contribution is 7.16. The first-order chi connectivity index (χ1) is 11.2. The number of aromatic nitrogens is 3. The Hall–Kier alpha value is -1.31. The van der Waals surface area contributed by atoms with Crippen molar-refractivity contribution in [2.75, 3.05) is 19.6 Å². The molecule has 0 aromatic carbocycles. The maximum atomic E-state index is 11.9. The van der Waals surface area contributed by atoms with E-state index in [4.69, 9.17) is 0 Å². The molecule has 4 rings (SSSR count). The normalized spacial score (nSPS) is 20.4. The van der Waals surface area contributed by atoms with Crippen LogP contribution in [0.2, 0.25) is 0 Å². The molecule has 7 heteroatoms. The third-order valence-corrected chi connectivity index (χ3v) is 5.65. The van der Waals surface area contributed by atoms with Gasteiger partial charge in [0.25, 0.3) is 5.56 Å². The van der Waals surface area contributed by atoms with Gasteiger partial charge in [0.15, 0.2) is 0 Å². The average Bonchev–Trinajstić information content (AvgIpc) is 3.26. The van der Waals surface area contributed by atoms with Gasteiger partial charge in [0.1, 0.15) is 5.01 Å². The molecule has 124 valence electrons. The van der Waals surface area contributed by atoms with Crippen molar-refractivity contribution in [2.24, 2.45) is 5.92 Å². The smallest absolute Gasteiger partial charge is 0.275 e. The summed E-state index contributed by atoms with van der Waals surface area (Å²) in [6.45, 7) is 6.07. The van der Waals surface area contributed by atoms with Crippen molar-refractivity contribution >= 4 is 16.3 Å². The standard InChI is InChI=1S/C16H23N5OS/c1-11-8-15(22)21-16(18-11)23-14(19-21)10-20-6-4-13(5-7-20)17-9-12-2-3-12/h8,12-13,17H,2-7,9-10H2,1H3. The highest BCUT2D eigenvalue weighted by Crippen LogP contribution is 2.28. The average molecular weight is 333 g/mol.